The van der Waals surface area contributed by atoms with Gasteiger partial charge in [0.1, 0.15) is 12.4 Å². The minimum atomic E-state index is 0.608. The zero-order chi connectivity index (χ0) is 16.2. The van der Waals surface area contributed by atoms with Crippen molar-refractivity contribution >= 4 is 5.69 Å². The minimum Gasteiger partial charge on any atom is -0.487 e. The Bertz CT molecular complexity index is 539. The molecule has 0 spiro atoms. The molecule has 0 heterocycles. The predicted octanol–water partition coefficient (Wildman–Crippen LogP) is 6.04. The molecule has 2 aromatic rings. The summed E-state index contributed by atoms with van der Waals surface area (Å²) in [6.45, 7) is 3.88. The van der Waals surface area contributed by atoms with E-state index in [1.54, 1.807) is 0 Å². The average Bonchev–Trinajstić information content (AvgIpc) is 2.61. The zero-order valence-corrected chi connectivity index (χ0v) is 14.3. The van der Waals surface area contributed by atoms with E-state index >= 15 is 0 Å². The van der Waals surface area contributed by atoms with Crippen LogP contribution in [0, 0.1) is 0 Å². The average molecular weight is 311 g/mol. The van der Waals surface area contributed by atoms with E-state index in [2.05, 4.69) is 36.5 Å². The molecule has 2 aromatic carbocycles. The standard InChI is InChI=1S/C21H29NO/c1-2-3-4-5-6-12-17-22-20-15-10-11-16-21(20)23-18-19-13-8-7-9-14-19/h7-11,13-16,22H,2-6,12,17-18H2,1H3. The van der Waals surface area contributed by atoms with E-state index in [9.17, 15) is 0 Å². The number of ether oxygens (including phenoxy) is 1. The SMILES string of the molecule is CCCCCCCCNc1ccccc1OCc1ccccc1. The molecule has 2 nitrogen and oxygen atoms in total. The molecule has 0 bridgehead atoms. The highest BCUT2D eigenvalue weighted by Crippen LogP contribution is 2.24. The quantitative estimate of drug-likeness (QED) is 0.511. The first kappa shape index (κ1) is 17.4. The number of hydrogen-bond donors (Lipinski definition) is 1. The van der Waals surface area contributed by atoms with Crippen LogP contribution >= 0.6 is 0 Å². The van der Waals surface area contributed by atoms with Crippen molar-refractivity contribution in [2.45, 2.75) is 52.1 Å². The third-order valence-electron chi connectivity index (χ3n) is 3.97. The summed E-state index contributed by atoms with van der Waals surface area (Å²) in [5.74, 6) is 0.933. The third kappa shape index (κ3) is 6.77. The van der Waals surface area contributed by atoms with Gasteiger partial charge in [-0.05, 0) is 24.1 Å². The summed E-state index contributed by atoms with van der Waals surface area (Å²) in [5.41, 5.74) is 2.29. The summed E-state index contributed by atoms with van der Waals surface area (Å²) < 4.78 is 5.97. The van der Waals surface area contributed by atoms with Crippen LogP contribution in [0.15, 0.2) is 54.6 Å². The van der Waals surface area contributed by atoms with Crippen LogP contribution < -0.4 is 10.1 Å². The third-order valence-corrected chi connectivity index (χ3v) is 3.97. The van der Waals surface area contributed by atoms with Crippen LogP contribution in [0.2, 0.25) is 0 Å². The highest BCUT2D eigenvalue weighted by atomic mass is 16.5. The molecule has 0 amide bonds. The molecule has 0 saturated carbocycles. The highest BCUT2D eigenvalue weighted by molar-refractivity contribution is 5.56. The fraction of sp³-hybridized carbons (Fsp3) is 0.429. The lowest BCUT2D eigenvalue weighted by atomic mass is 10.1. The number of unbranched alkanes of at least 4 members (excludes halogenated alkanes) is 5. The Morgan fingerprint density at radius 3 is 2.30 bits per heavy atom. The molecule has 2 rings (SSSR count). The second kappa shape index (κ2) is 10.7. The van der Waals surface area contributed by atoms with Crippen molar-refractivity contribution in [1.82, 2.24) is 0 Å². The van der Waals surface area contributed by atoms with Crippen LogP contribution in [-0.2, 0) is 6.61 Å². The van der Waals surface area contributed by atoms with Crippen LogP contribution in [0.25, 0.3) is 0 Å². The number of hydrogen-bond acceptors (Lipinski definition) is 2. The van der Waals surface area contributed by atoms with Gasteiger partial charge in [-0.25, -0.2) is 0 Å². The molecule has 0 unspecified atom stereocenters. The summed E-state index contributed by atoms with van der Waals surface area (Å²) in [6, 6.07) is 18.5. The van der Waals surface area contributed by atoms with Gasteiger partial charge in [-0.15, -0.1) is 0 Å². The van der Waals surface area contributed by atoms with Gasteiger partial charge in [0.15, 0.2) is 0 Å². The summed E-state index contributed by atoms with van der Waals surface area (Å²) >= 11 is 0. The van der Waals surface area contributed by atoms with E-state index in [1.165, 1.54) is 44.1 Å². The van der Waals surface area contributed by atoms with Crippen molar-refractivity contribution in [3.05, 3.63) is 60.2 Å². The Balaban J connectivity index is 1.74. The Labute approximate surface area is 140 Å². The number of para-hydroxylation sites is 2. The number of benzene rings is 2. The van der Waals surface area contributed by atoms with Crippen LogP contribution in [0.4, 0.5) is 5.69 Å². The number of rotatable bonds is 11. The molecule has 0 saturated heterocycles. The fourth-order valence-electron chi connectivity index (χ4n) is 2.60. The van der Waals surface area contributed by atoms with Crippen molar-refractivity contribution in [1.29, 1.82) is 0 Å². The summed E-state index contributed by atoms with van der Waals surface area (Å²) in [6.07, 6.45) is 7.92. The van der Waals surface area contributed by atoms with Gasteiger partial charge in [0.25, 0.3) is 0 Å². The second-order valence-electron chi connectivity index (χ2n) is 5.96. The van der Waals surface area contributed by atoms with Gasteiger partial charge >= 0.3 is 0 Å². The molecule has 2 heteroatoms. The normalized spacial score (nSPS) is 10.5. The number of anilines is 1. The van der Waals surface area contributed by atoms with Crippen LogP contribution in [-0.4, -0.2) is 6.54 Å². The van der Waals surface area contributed by atoms with E-state index in [0.29, 0.717) is 6.61 Å². The maximum Gasteiger partial charge on any atom is 0.142 e. The Kier molecular flexibility index (Phi) is 8.10. The molecule has 0 aliphatic carbocycles. The van der Waals surface area contributed by atoms with Crippen LogP contribution in [0.5, 0.6) is 5.75 Å². The first-order valence-corrected chi connectivity index (χ1v) is 8.90. The van der Waals surface area contributed by atoms with Gasteiger partial charge in [0.05, 0.1) is 5.69 Å². The van der Waals surface area contributed by atoms with Crippen molar-refractivity contribution < 1.29 is 4.74 Å². The molecular formula is C21H29NO. The second-order valence-corrected chi connectivity index (χ2v) is 5.96. The van der Waals surface area contributed by atoms with Crippen molar-refractivity contribution in [2.75, 3.05) is 11.9 Å². The van der Waals surface area contributed by atoms with E-state index in [-0.39, 0.29) is 0 Å². The summed E-state index contributed by atoms with van der Waals surface area (Å²) in [5, 5.41) is 3.52. The van der Waals surface area contributed by atoms with Crippen molar-refractivity contribution in [2.24, 2.45) is 0 Å². The van der Waals surface area contributed by atoms with E-state index in [4.69, 9.17) is 4.74 Å². The topological polar surface area (TPSA) is 21.3 Å². The maximum atomic E-state index is 5.97. The largest absolute Gasteiger partial charge is 0.487 e. The molecule has 0 aliphatic heterocycles. The monoisotopic (exact) mass is 311 g/mol. The molecule has 0 radical (unpaired) electrons. The molecule has 1 N–H and O–H groups in total. The van der Waals surface area contributed by atoms with Crippen LogP contribution in [0.1, 0.15) is 51.0 Å². The van der Waals surface area contributed by atoms with Gasteiger partial charge in [0.2, 0.25) is 0 Å². The van der Waals surface area contributed by atoms with Gasteiger partial charge in [-0.3, -0.25) is 0 Å². The minimum absolute atomic E-state index is 0.608. The van der Waals surface area contributed by atoms with Gasteiger partial charge in [0, 0.05) is 6.54 Å². The van der Waals surface area contributed by atoms with Crippen molar-refractivity contribution in [3.8, 4) is 5.75 Å². The first-order valence-electron chi connectivity index (χ1n) is 8.90. The Hall–Kier alpha value is -1.96. The maximum absolute atomic E-state index is 5.97. The number of nitrogens with one attached hydrogen (secondary N) is 1. The fourth-order valence-corrected chi connectivity index (χ4v) is 2.60. The van der Waals surface area contributed by atoms with Gasteiger partial charge < -0.3 is 10.1 Å². The molecular weight excluding hydrogens is 282 g/mol. The van der Waals surface area contributed by atoms with E-state index in [0.717, 1.165) is 18.0 Å². The lowest BCUT2D eigenvalue weighted by molar-refractivity contribution is 0.307. The van der Waals surface area contributed by atoms with E-state index in [1.807, 2.05) is 30.3 Å². The zero-order valence-electron chi connectivity index (χ0n) is 14.3. The van der Waals surface area contributed by atoms with Crippen molar-refractivity contribution in [3.63, 3.8) is 0 Å². The van der Waals surface area contributed by atoms with Gasteiger partial charge in [-0.2, -0.15) is 0 Å². The molecule has 0 aromatic heterocycles. The molecule has 124 valence electrons. The van der Waals surface area contributed by atoms with Gasteiger partial charge in [-0.1, -0.05) is 81.5 Å². The molecule has 0 fully saturated rings. The molecule has 23 heavy (non-hydrogen) atoms. The van der Waals surface area contributed by atoms with Crippen LogP contribution in [0.3, 0.4) is 0 Å². The Morgan fingerprint density at radius 2 is 1.48 bits per heavy atom. The predicted molar refractivity (Wildman–Crippen MR) is 99.1 cm³/mol. The molecule has 0 atom stereocenters. The first-order chi connectivity index (χ1) is 11.4. The summed E-state index contributed by atoms with van der Waals surface area (Å²) in [7, 11) is 0. The lowest BCUT2D eigenvalue weighted by Crippen LogP contribution is -2.04. The lowest BCUT2D eigenvalue weighted by Gasteiger charge is -2.13. The highest BCUT2D eigenvalue weighted by Gasteiger charge is 2.02. The summed E-state index contributed by atoms with van der Waals surface area (Å²) in [4.78, 5) is 0. The smallest absolute Gasteiger partial charge is 0.142 e. The molecule has 0 aliphatic rings. The Morgan fingerprint density at radius 1 is 0.783 bits per heavy atom. The van der Waals surface area contributed by atoms with E-state index < -0.39 is 0 Å².